The van der Waals surface area contributed by atoms with Crippen molar-refractivity contribution in [3.05, 3.63) is 29.3 Å². The highest BCUT2D eigenvalue weighted by atomic mass is 32.2. The van der Waals surface area contributed by atoms with Crippen molar-refractivity contribution in [2.45, 2.75) is 16.3 Å². The van der Waals surface area contributed by atoms with E-state index in [-0.39, 0.29) is 17.1 Å². The first-order valence-electron chi connectivity index (χ1n) is 4.91. The maximum Gasteiger partial charge on any atom is 0.417 e. The van der Waals surface area contributed by atoms with E-state index in [0.717, 1.165) is 6.07 Å². The van der Waals surface area contributed by atoms with Gasteiger partial charge in [-0.2, -0.15) is 13.2 Å². The maximum absolute atomic E-state index is 12.7. The predicted molar refractivity (Wildman–Crippen MR) is 57.3 cm³/mol. The molecular formula is C11H9F3O2S. The molecule has 0 saturated carbocycles. The van der Waals surface area contributed by atoms with Crippen LogP contribution in [0.5, 0.6) is 0 Å². The van der Waals surface area contributed by atoms with E-state index < -0.39 is 11.7 Å². The number of carbonyl (C=O) groups excluding carboxylic acids is 1. The maximum atomic E-state index is 12.7. The van der Waals surface area contributed by atoms with Gasteiger partial charge in [0.25, 0.3) is 0 Å². The van der Waals surface area contributed by atoms with Crippen molar-refractivity contribution in [3.63, 3.8) is 0 Å². The van der Waals surface area contributed by atoms with Crippen LogP contribution in [0.3, 0.4) is 0 Å². The van der Waals surface area contributed by atoms with E-state index >= 15 is 0 Å². The fourth-order valence-electron chi connectivity index (χ4n) is 1.43. The minimum absolute atomic E-state index is 0.207. The molecule has 2 rings (SSSR count). The molecule has 2 nitrogen and oxygen atoms in total. The number of aldehydes is 1. The van der Waals surface area contributed by atoms with E-state index in [9.17, 15) is 18.0 Å². The largest absolute Gasteiger partial charge is 0.417 e. The number of thioether (sulfide) groups is 1. The minimum atomic E-state index is -4.50. The van der Waals surface area contributed by atoms with E-state index in [1.54, 1.807) is 0 Å². The Bertz CT molecular complexity index is 427. The second-order valence-corrected chi connectivity index (χ2v) is 5.02. The molecule has 0 spiro atoms. The molecule has 1 aromatic carbocycles. The molecule has 1 fully saturated rings. The zero-order valence-electron chi connectivity index (χ0n) is 8.66. The number of benzene rings is 1. The van der Waals surface area contributed by atoms with Gasteiger partial charge < -0.3 is 4.74 Å². The fourth-order valence-corrected chi connectivity index (χ4v) is 2.48. The molecule has 0 atom stereocenters. The second kappa shape index (κ2) is 4.70. The third-order valence-electron chi connectivity index (χ3n) is 2.37. The van der Waals surface area contributed by atoms with Gasteiger partial charge in [0.1, 0.15) is 0 Å². The Labute approximate surface area is 100 Å². The molecule has 0 amide bonds. The second-order valence-electron chi connectivity index (χ2n) is 3.64. The number of ether oxygens (including phenoxy) is 1. The summed E-state index contributed by atoms with van der Waals surface area (Å²) in [6.07, 6.45) is -4.27. The van der Waals surface area contributed by atoms with Gasteiger partial charge in [0, 0.05) is 10.5 Å². The summed E-state index contributed by atoms with van der Waals surface area (Å²) in [4.78, 5) is 11.1. The molecule has 0 unspecified atom stereocenters. The molecular weight excluding hydrogens is 253 g/mol. The van der Waals surface area contributed by atoms with Gasteiger partial charge in [0.15, 0.2) is 6.29 Å². The lowest BCUT2D eigenvalue weighted by atomic mass is 10.1. The Morgan fingerprint density at radius 2 is 2.06 bits per heavy atom. The van der Waals surface area contributed by atoms with Gasteiger partial charge in [-0.25, -0.2) is 0 Å². The van der Waals surface area contributed by atoms with Gasteiger partial charge in [0.05, 0.1) is 24.0 Å². The van der Waals surface area contributed by atoms with Crippen LogP contribution < -0.4 is 0 Å². The number of hydrogen-bond donors (Lipinski definition) is 0. The first kappa shape index (κ1) is 12.4. The molecule has 0 radical (unpaired) electrons. The first-order valence-corrected chi connectivity index (χ1v) is 5.79. The SMILES string of the molecule is O=Cc1ccc(SC2COC2)cc1C(F)(F)F. The van der Waals surface area contributed by atoms with Crippen LogP contribution in [0, 0.1) is 0 Å². The summed E-state index contributed by atoms with van der Waals surface area (Å²) in [6, 6.07) is 3.76. The molecule has 1 heterocycles. The highest BCUT2D eigenvalue weighted by Crippen LogP contribution is 2.36. The van der Waals surface area contributed by atoms with Crippen molar-refractivity contribution in [3.8, 4) is 0 Å². The Hall–Kier alpha value is -1.01. The fraction of sp³-hybridized carbons (Fsp3) is 0.364. The molecule has 0 N–H and O–H groups in total. The smallest absolute Gasteiger partial charge is 0.379 e. The van der Waals surface area contributed by atoms with Crippen molar-refractivity contribution in [1.29, 1.82) is 0 Å². The van der Waals surface area contributed by atoms with Crippen molar-refractivity contribution in [2.75, 3.05) is 13.2 Å². The number of hydrogen-bond acceptors (Lipinski definition) is 3. The molecule has 0 aliphatic carbocycles. The summed E-state index contributed by atoms with van der Waals surface area (Å²) in [5.41, 5.74) is -1.20. The normalized spacial score (nSPS) is 16.6. The van der Waals surface area contributed by atoms with E-state index in [1.165, 1.54) is 23.9 Å². The Morgan fingerprint density at radius 1 is 1.35 bits per heavy atom. The quantitative estimate of drug-likeness (QED) is 0.783. The Morgan fingerprint density at radius 3 is 2.53 bits per heavy atom. The summed E-state index contributed by atoms with van der Waals surface area (Å²) < 4.78 is 42.9. The Kier molecular flexibility index (Phi) is 3.44. The molecule has 1 aromatic rings. The lowest BCUT2D eigenvalue weighted by Crippen LogP contribution is -2.30. The van der Waals surface area contributed by atoms with Crippen molar-refractivity contribution >= 4 is 18.0 Å². The zero-order valence-corrected chi connectivity index (χ0v) is 9.48. The van der Waals surface area contributed by atoms with Gasteiger partial charge in [0.2, 0.25) is 0 Å². The van der Waals surface area contributed by atoms with E-state index in [1.807, 2.05) is 0 Å². The summed E-state index contributed by atoms with van der Waals surface area (Å²) in [7, 11) is 0. The molecule has 1 saturated heterocycles. The van der Waals surface area contributed by atoms with Crippen molar-refractivity contribution in [2.24, 2.45) is 0 Å². The summed E-state index contributed by atoms with van der Waals surface area (Å²) >= 11 is 1.34. The monoisotopic (exact) mass is 262 g/mol. The number of rotatable bonds is 3. The van der Waals surface area contributed by atoms with Crippen LogP contribution in [0.25, 0.3) is 0 Å². The molecule has 92 valence electrons. The van der Waals surface area contributed by atoms with Crippen LogP contribution in [0.4, 0.5) is 13.2 Å². The van der Waals surface area contributed by atoms with Gasteiger partial charge in [-0.15, -0.1) is 11.8 Å². The summed E-state index contributed by atoms with van der Waals surface area (Å²) in [5.74, 6) is 0. The lowest BCUT2D eigenvalue weighted by Gasteiger charge is -2.25. The van der Waals surface area contributed by atoms with Crippen LogP contribution >= 0.6 is 11.8 Å². The van der Waals surface area contributed by atoms with E-state index in [4.69, 9.17) is 4.74 Å². The van der Waals surface area contributed by atoms with Crippen molar-refractivity contribution < 1.29 is 22.7 Å². The van der Waals surface area contributed by atoms with Gasteiger partial charge >= 0.3 is 6.18 Å². The average Bonchev–Trinajstić information content (AvgIpc) is 2.22. The third-order valence-corrected chi connectivity index (χ3v) is 3.50. The minimum Gasteiger partial charge on any atom is -0.379 e. The highest BCUT2D eigenvalue weighted by molar-refractivity contribution is 8.00. The average molecular weight is 262 g/mol. The van der Waals surface area contributed by atoms with Crippen LogP contribution in [-0.4, -0.2) is 24.7 Å². The molecule has 0 aromatic heterocycles. The van der Waals surface area contributed by atoms with Crippen LogP contribution in [0.1, 0.15) is 15.9 Å². The number of halogens is 3. The molecule has 17 heavy (non-hydrogen) atoms. The lowest BCUT2D eigenvalue weighted by molar-refractivity contribution is -0.138. The van der Waals surface area contributed by atoms with E-state index in [2.05, 4.69) is 0 Å². The molecule has 0 bridgehead atoms. The standard InChI is InChI=1S/C11H9F3O2S/c12-11(13,14)10-3-8(2-1-7(10)4-15)17-9-5-16-6-9/h1-4,9H,5-6H2. The zero-order chi connectivity index (χ0) is 12.5. The summed E-state index contributed by atoms with van der Waals surface area (Å²) in [6.45, 7) is 1.11. The number of alkyl halides is 3. The molecule has 1 aliphatic heterocycles. The predicted octanol–water partition coefficient (Wildman–Crippen LogP) is 3.01. The topological polar surface area (TPSA) is 26.3 Å². The molecule has 6 heteroatoms. The van der Waals surface area contributed by atoms with E-state index in [0.29, 0.717) is 18.1 Å². The van der Waals surface area contributed by atoms with Gasteiger partial charge in [-0.1, -0.05) is 0 Å². The van der Waals surface area contributed by atoms with Crippen LogP contribution in [0.2, 0.25) is 0 Å². The third kappa shape index (κ3) is 2.81. The van der Waals surface area contributed by atoms with Crippen LogP contribution in [0.15, 0.2) is 23.1 Å². The van der Waals surface area contributed by atoms with Crippen LogP contribution in [-0.2, 0) is 10.9 Å². The number of carbonyl (C=O) groups is 1. The Balaban J connectivity index is 2.27. The highest BCUT2D eigenvalue weighted by Gasteiger charge is 2.34. The summed E-state index contributed by atoms with van der Waals surface area (Å²) in [5, 5.41) is 0.207. The van der Waals surface area contributed by atoms with Gasteiger partial charge in [-0.05, 0) is 18.2 Å². The molecule has 1 aliphatic rings. The van der Waals surface area contributed by atoms with Crippen molar-refractivity contribution in [1.82, 2.24) is 0 Å². The van der Waals surface area contributed by atoms with Gasteiger partial charge in [-0.3, -0.25) is 4.79 Å². The first-order chi connectivity index (χ1) is 8.00.